The smallest absolute Gasteiger partial charge is 0.237 e. The summed E-state index contributed by atoms with van der Waals surface area (Å²) < 4.78 is 5.26. The van der Waals surface area contributed by atoms with Crippen molar-refractivity contribution in [2.75, 3.05) is 0 Å². The molecule has 0 aliphatic heterocycles. The van der Waals surface area contributed by atoms with Crippen molar-refractivity contribution in [3.8, 4) is 11.4 Å². The average Bonchev–Trinajstić information content (AvgIpc) is 3.09. The van der Waals surface area contributed by atoms with Crippen LogP contribution in [0.5, 0.6) is 0 Å². The first-order valence-electron chi connectivity index (χ1n) is 6.81. The van der Waals surface area contributed by atoms with E-state index in [1.165, 1.54) is 24.6 Å². The molecule has 2 aromatic heterocycles. The van der Waals surface area contributed by atoms with E-state index in [0.717, 1.165) is 16.5 Å². The molecule has 0 radical (unpaired) electrons. The van der Waals surface area contributed by atoms with Gasteiger partial charge in [0.15, 0.2) is 0 Å². The molecule has 1 aliphatic rings. The Kier molecular flexibility index (Phi) is 3.19. The van der Waals surface area contributed by atoms with Crippen molar-refractivity contribution in [3.63, 3.8) is 0 Å². The zero-order valence-electron chi connectivity index (χ0n) is 11.2. The largest absolute Gasteiger partial charge is 0.338 e. The number of hydrogen-bond donors (Lipinski definition) is 1. The number of H-pyrrole nitrogens is 1. The summed E-state index contributed by atoms with van der Waals surface area (Å²) in [4.78, 5) is 8.84. The molecule has 1 aliphatic carbocycles. The Labute approximate surface area is 125 Å². The summed E-state index contributed by atoms with van der Waals surface area (Å²) >= 11 is 1.50. The van der Waals surface area contributed by atoms with Crippen molar-refractivity contribution in [1.29, 1.82) is 0 Å². The summed E-state index contributed by atoms with van der Waals surface area (Å²) in [6.45, 7) is 0. The van der Waals surface area contributed by atoms with Crippen LogP contribution in [0.3, 0.4) is 0 Å². The quantitative estimate of drug-likeness (QED) is 0.729. The Morgan fingerprint density at radius 2 is 2.05 bits per heavy atom. The molecule has 0 unspecified atom stereocenters. The molecule has 0 amide bonds. The predicted molar refractivity (Wildman–Crippen MR) is 77.7 cm³/mol. The summed E-state index contributed by atoms with van der Waals surface area (Å²) in [5, 5.41) is 11.9. The standard InChI is InChI=1S/C14H13N5OS/c1-2-4-9(5-3-1)13-15-11(20-19-13)8-21-14-16-12(17-18-14)10-6-7-10/h1-5,10H,6-8H2,(H,16,17,18). The van der Waals surface area contributed by atoms with E-state index in [1.807, 2.05) is 30.3 Å². The number of rotatable bonds is 5. The van der Waals surface area contributed by atoms with E-state index in [-0.39, 0.29) is 0 Å². The zero-order chi connectivity index (χ0) is 14.1. The first-order chi connectivity index (χ1) is 10.4. The summed E-state index contributed by atoms with van der Waals surface area (Å²) in [5.74, 6) is 3.34. The van der Waals surface area contributed by atoms with Crippen molar-refractivity contribution in [3.05, 3.63) is 42.0 Å². The lowest BCUT2D eigenvalue weighted by atomic mass is 10.2. The third kappa shape index (κ3) is 2.82. The molecule has 6 nitrogen and oxygen atoms in total. The predicted octanol–water partition coefficient (Wildman–Crippen LogP) is 3.02. The molecule has 0 saturated heterocycles. The van der Waals surface area contributed by atoms with Crippen molar-refractivity contribution in [2.45, 2.75) is 29.7 Å². The molecule has 21 heavy (non-hydrogen) atoms. The van der Waals surface area contributed by atoms with Crippen molar-refractivity contribution in [1.82, 2.24) is 25.3 Å². The average molecular weight is 299 g/mol. The maximum absolute atomic E-state index is 5.26. The minimum Gasteiger partial charge on any atom is -0.338 e. The van der Waals surface area contributed by atoms with Gasteiger partial charge in [-0.25, -0.2) is 4.98 Å². The topological polar surface area (TPSA) is 80.5 Å². The minimum absolute atomic E-state index is 0.571. The lowest BCUT2D eigenvalue weighted by Gasteiger charge is -1.91. The number of nitrogens with zero attached hydrogens (tertiary/aromatic N) is 4. The maximum Gasteiger partial charge on any atom is 0.237 e. The molecule has 1 N–H and O–H groups in total. The van der Waals surface area contributed by atoms with Crippen LogP contribution in [0, 0.1) is 0 Å². The maximum atomic E-state index is 5.26. The lowest BCUT2D eigenvalue weighted by Crippen LogP contribution is -1.84. The Hall–Kier alpha value is -2.15. The Morgan fingerprint density at radius 3 is 2.86 bits per heavy atom. The second-order valence-corrected chi connectivity index (χ2v) is 5.89. The van der Waals surface area contributed by atoms with Crippen molar-refractivity contribution in [2.24, 2.45) is 0 Å². The van der Waals surface area contributed by atoms with Gasteiger partial charge < -0.3 is 4.52 Å². The van der Waals surface area contributed by atoms with Gasteiger partial charge in [0.05, 0.1) is 5.75 Å². The third-order valence-electron chi connectivity index (χ3n) is 3.27. The highest BCUT2D eigenvalue weighted by molar-refractivity contribution is 7.98. The van der Waals surface area contributed by atoms with E-state index in [9.17, 15) is 0 Å². The second-order valence-electron chi connectivity index (χ2n) is 4.94. The highest BCUT2D eigenvalue weighted by Crippen LogP contribution is 2.38. The molecular formula is C14H13N5OS. The molecule has 2 heterocycles. The summed E-state index contributed by atoms with van der Waals surface area (Å²) in [6, 6.07) is 9.78. The molecule has 106 valence electrons. The van der Waals surface area contributed by atoms with Gasteiger partial charge in [0.1, 0.15) is 5.82 Å². The van der Waals surface area contributed by atoms with Crippen LogP contribution in [0.2, 0.25) is 0 Å². The normalized spacial score (nSPS) is 14.5. The molecule has 1 saturated carbocycles. The van der Waals surface area contributed by atoms with Crippen LogP contribution in [-0.2, 0) is 5.75 Å². The van der Waals surface area contributed by atoms with Gasteiger partial charge in [-0.2, -0.15) is 4.98 Å². The van der Waals surface area contributed by atoms with E-state index in [0.29, 0.717) is 23.4 Å². The van der Waals surface area contributed by atoms with Gasteiger partial charge >= 0.3 is 0 Å². The number of aromatic amines is 1. The summed E-state index contributed by atoms with van der Waals surface area (Å²) in [5.41, 5.74) is 0.950. The molecule has 0 atom stereocenters. The molecule has 0 bridgehead atoms. The fraction of sp³-hybridized carbons (Fsp3) is 0.286. The van der Waals surface area contributed by atoms with Crippen LogP contribution in [0.4, 0.5) is 0 Å². The molecule has 7 heteroatoms. The van der Waals surface area contributed by atoms with Crippen LogP contribution in [0.15, 0.2) is 40.0 Å². The van der Waals surface area contributed by atoms with E-state index in [1.54, 1.807) is 0 Å². The van der Waals surface area contributed by atoms with Crippen LogP contribution >= 0.6 is 11.8 Å². The monoisotopic (exact) mass is 299 g/mol. The number of nitrogens with one attached hydrogen (secondary N) is 1. The lowest BCUT2D eigenvalue weighted by molar-refractivity contribution is 0.391. The van der Waals surface area contributed by atoms with Crippen LogP contribution < -0.4 is 0 Å². The first-order valence-corrected chi connectivity index (χ1v) is 7.80. The molecule has 1 aromatic carbocycles. The zero-order valence-corrected chi connectivity index (χ0v) is 12.0. The number of hydrogen-bond acceptors (Lipinski definition) is 6. The van der Waals surface area contributed by atoms with Gasteiger partial charge in [0, 0.05) is 11.5 Å². The van der Waals surface area contributed by atoms with E-state index in [2.05, 4.69) is 25.3 Å². The van der Waals surface area contributed by atoms with Crippen molar-refractivity contribution >= 4 is 11.8 Å². The molecular weight excluding hydrogens is 286 g/mol. The van der Waals surface area contributed by atoms with E-state index >= 15 is 0 Å². The van der Waals surface area contributed by atoms with E-state index < -0.39 is 0 Å². The Balaban J connectivity index is 1.41. The summed E-state index contributed by atoms with van der Waals surface area (Å²) in [7, 11) is 0. The van der Waals surface area contributed by atoms with Crippen LogP contribution in [0.1, 0.15) is 30.5 Å². The number of benzene rings is 1. The fourth-order valence-corrected chi connectivity index (χ4v) is 2.65. The third-order valence-corrected chi connectivity index (χ3v) is 4.10. The molecule has 4 rings (SSSR count). The highest BCUT2D eigenvalue weighted by Gasteiger charge is 2.27. The van der Waals surface area contributed by atoms with Crippen LogP contribution in [-0.4, -0.2) is 25.3 Å². The molecule has 0 spiro atoms. The fourth-order valence-electron chi connectivity index (χ4n) is 2.01. The van der Waals surface area contributed by atoms with Gasteiger partial charge in [0.25, 0.3) is 0 Å². The Morgan fingerprint density at radius 1 is 1.19 bits per heavy atom. The van der Waals surface area contributed by atoms with Crippen molar-refractivity contribution < 1.29 is 4.52 Å². The second kappa shape index (κ2) is 5.33. The van der Waals surface area contributed by atoms with Gasteiger partial charge in [-0.1, -0.05) is 47.3 Å². The Bertz CT molecular complexity index is 735. The first kappa shape index (κ1) is 12.6. The van der Waals surface area contributed by atoms with Gasteiger partial charge in [-0.05, 0) is 12.8 Å². The van der Waals surface area contributed by atoms with Gasteiger partial charge in [-0.15, -0.1) is 5.10 Å². The number of thioether (sulfide) groups is 1. The van der Waals surface area contributed by atoms with E-state index in [4.69, 9.17) is 4.52 Å². The summed E-state index contributed by atoms with van der Waals surface area (Å²) in [6.07, 6.45) is 2.42. The van der Waals surface area contributed by atoms with Gasteiger partial charge in [-0.3, -0.25) is 5.10 Å². The number of aromatic nitrogens is 5. The van der Waals surface area contributed by atoms with Crippen LogP contribution in [0.25, 0.3) is 11.4 Å². The highest BCUT2D eigenvalue weighted by atomic mass is 32.2. The SMILES string of the molecule is c1ccc(-c2noc(CSc3n[nH]c(C4CC4)n3)n2)cc1. The molecule has 3 aromatic rings. The molecule has 1 fully saturated rings. The minimum atomic E-state index is 0.571. The van der Waals surface area contributed by atoms with Gasteiger partial charge in [0.2, 0.25) is 16.9 Å².